The predicted molar refractivity (Wildman–Crippen MR) is 114 cm³/mol. The molecule has 0 bridgehead atoms. The van der Waals surface area contributed by atoms with Gasteiger partial charge in [0.2, 0.25) is 0 Å². The topological polar surface area (TPSA) is 55.4 Å². The van der Waals surface area contributed by atoms with Gasteiger partial charge >= 0.3 is 0 Å². The maximum Gasteiger partial charge on any atom is 0.0862 e. The van der Waals surface area contributed by atoms with E-state index in [1.807, 2.05) is 38.2 Å². The molecule has 0 atom stereocenters. The van der Waals surface area contributed by atoms with Crippen LogP contribution in [-0.4, -0.2) is 53.9 Å². The molecule has 0 N–H and O–H groups in total. The molecule has 0 aromatic carbocycles. The molecular formula is C22H40O6. The summed E-state index contributed by atoms with van der Waals surface area (Å²) in [4.78, 5) is 0. The maximum atomic E-state index is 5.16. The van der Waals surface area contributed by atoms with Crippen LogP contribution in [-0.2, 0) is 28.4 Å². The lowest BCUT2D eigenvalue weighted by Gasteiger charge is -1.96. The second-order valence-corrected chi connectivity index (χ2v) is 5.29. The monoisotopic (exact) mass is 400 g/mol. The highest BCUT2D eigenvalue weighted by molar-refractivity contribution is 4.80. The van der Waals surface area contributed by atoms with Crippen molar-refractivity contribution in [2.45, 2.75) is 39.5 Å². The smallest absolute Gasteiger partial charge is 0.0862 e. The van der Waals surface area contributed by atoms with E-state index in [0.717, 1.165) is 65.3 Å². The summed E-state index contributed by atoms with van der Waals surface area (Å²) >= 11 is 0. The maximum absolute atomic E-state index is 5.16. The fourth-order valence-electron chi connectivity index (χ4n) is 1.55. The summed E-state index contributed by atoms with van der Waals surface area (Å²) in [5.74, 6) is 0. The summed E-state index contributed by atoms with van der Waals surface area (Å²) in [6, 6.07) is 0. The van der Waals surface area contributed by atoms with E-state index in [1.54, 1.807) is 39.3 Å². The first-order chi connectivity index (χ1) is 13.8. The van der Waals surface area contributed by atoms with Crippen molar-refractivity contribution in [1.29, 1.82) is 0 Å². The van der Waals surface area contributed by atoms with Crippen LogP contribution >= 0.6 is 0 Å². The molecular weight excluding hydrogens is 360 g/mol. The van der Waals surface area contributed by atoms with E-state index >= 15 is 0 Å². The van der Waals surface area contributed by atoms with Crippen molar-refractivity contribution in [2.24, 2.45) is 0 Å². The van der Waals surface area contributed by atoms with Crippen molar-refractivity contribution in [1.82, 2.24) is 0 Å². The third kappa shape index (κ3) is 32.1. The molecule has 0 aliphatic heterocycles. The first kappa shape index (κ1) is 28.6. The lowest BCUT2D eigenvalue weighted by Crippen LogP contribution is -1.90. The Hall–Kier alpha value is -1.60. The van der Waals surface area contributed by atoms with Crippen LogP contribution < -0.4 is 0 Å². The molecule has 28 heavy (non-hydrogen) atoms. The lowest BCUT2D eigenvalue weighted by atomic mass is 10.4. The minimum Gasteiger partial charge on any atom is -0.473 e. The summed E-state index contributed by atoms with van der Waals surface area (Å²) in [6.45, 7) is 8.48. The molecule has 0 rings (SSSR count). The Morgan fingerprint density at radius 3 is 1.11 bits per heavy atom. The predicted octanol–water partition coefficient (Wildman–Crippen LogP) is 4.99. The summed E-state index contributed by atoms with van der Waals surface area (Å²) in [6.07, 6.45) is 17.9. The summed E-state index contributed by atoms with van der Waals surface area (Å²) in [5, 5.41) is 0. The van der Waals surface area contributed by atoms with Crippen LogP contribution in [0, 0.1) is 0 Å². The van der Waals surface area contributed by atoms with Crippen LogP contribution in [0.5, 0.6) is 0 Å². The highest BCUT2D eigenvalue weighted by atomic mass is 16.5. The van der Waals surface area contributed by atoms with Crippen LogP contribution in [0.4, 0.5) is 0 Å². The third-order valence-electron chi connectivity index (χ3n) is 2.94. The second-order valence-electron chi connectivity index (χ2n) is 5.29. The van der Waals surface area contributed by atoms with Crippen molar-refractivity contribution in [3.05, 3.63) is 49.4 Å². The fourth-order valence-corrected chi connectivity index (χ4v) is 1.55. The Kier molecular flexibility index (Phi) is 30.8. The quantitative estimate of drug-likeness (QED) is 0.239. The minimum atomic E-state index is 0.729. The Morgan fingerprint density at radius 1 is 0.500 bits per heavy atom. The molecule has 0 amide bonds. The molecule has 0 aromatic heterocycles. The van der Waals surface area contributed by atoms with Crippen LogP contribution in [0.3, 0.4) is 0 Å². The van der Waals surface area contributed by atoms with E-state index in [1.165, 1.54) is 0 Å². The van der Waals surface area contributed by atoms with Gasteiger partial charge in [-0.15, -0.1) is 0 Å². The zero-order valence-electron chi connectivity index (χ0n) is 18.1. The Labute approximate surface area is 171 Å². The largest absolute Gasteiger partial charge is 0.473 e. The van der Waals surface area contributed by atoms with Crippen molar-refractivity contribution >= 4 is 0 Å². The molecule has 0 spiro atoms. The van der Waals surface area contributed by atoms with E-state index in [4.69, 9.17) is 28.4 Å². The molecule has 0 aliphatic rings. The van der Waals surface area contributed by atoms with Gasteiger partial charge in [0.05, 0.1) is 38.3 Å². The molecule has 0 heterocycles. The summed E-state index contributed by atoms with van der Waals surface area (Å²) in [7, 11) is 3.36. The first-order valence-corrected chi connectivity index (χ1v) is 9.87. The molecule has 0 fully saturated rings. The van der Waals surface area contributed by atoms with Gasteiger partial charge in [-0.2, -0.15) is 0 Å². The van der Waals surface area contributed by atoms with Crippen LogP contribution in [0.2, 0.25) is 0 Å². The van der Waals surface area contributed by atoms with Crippen molar-refractivity contribution < 1.29 is 28.4 Å². The number of hydrogen-bond acceptors (Lipinski definition) is 6. The van der Waals surface area contributed by atoms with Crippen molar-refractivity contribution in [2.75, 3.05) is 53.9 Å². The number of methoxy groups -OCH3 is 2. The molecule has 6 heteroatoms. The average Bonchev–Trinajstić information content (AvgIpc) is 2.71. The molecule has 6 nitrogen and oxygen atoms in total. The van der Waals surface area contributed by atoms with E-state index < -0.39 is 0 Å². The van der Waals surface area contributed by atoms with Crippen molar-refractivity contribution in [3.8, 4) is 0 Å². The second kappa shape index (κ2) is 30.1. The summed E-state index contributed by atoms with van der Waals surface area (Å²) in [5.41, 5.74) is 0. The molecule has 0 aliphatic carbocycles. The molecule has 0 unspecified atom stereocenters. The standard InChI is InChI=1S/C12H22O3.C10H18O3/c1-3-13-9-5-7-11-15-12-8-6-10-14-4-2;1-11-7-3-5-9-13-10-6-4-8-12-2/h7-8,11-12H,3-6,9-10H2,1-2H3;5-6,9-10H,3-4,7-8H2,1-2H3. The highest BCUT2D eigenvalue weighted by Crippen LogP contribution is 1.90. The summed E-state index contributed by atoms with van der Waals surface area (Å²) < 4.78 is 30.2. The zero-order chi connectivity index (χ0) is 21.0. The lowest BCUT2D eigenvalue weighted by molar-refractivity contribution is 0.151. The molecule has 164 valence electrons. The van der Waals surface area contributed by atoms with Gasteiger partial charge in [0, 0.05) is 40.6 Å². The van der Waals surface area contributed by atoms with E-state index in [0.29, 0.717) is 0 Å². The highest BCUT2D eigenvalue weighted by Gasteiger charge is 1.81. The molecule has 0 radical (unpaired) electrons. The Balaban J connectivity index is 0. The number of ether oxygens (including phenoxy) is 6. The minimum absolute atomic E-state index is 0.729. The fraction of sp³-hybridized carbons (Fsp3) is 0.636. The van der Waals surface area contributed by atoms with Crippen LogP contribution in [0.15, 0.2) is 49.4 Å². The SMILES string of the molecule is CCOCCC=COC=CCCOCC.COCCC=COC=CCCOC. The Morgan fingerprint density at radius 2 is 0.821 bits per heavy atom. The molecule has 0 saturated heterocycles. The van der Waals surface area contributed by atoms with E-state index in [2.05, 4.69) is 0 Å². The van der Waals surface area contributed by atoms with Crippen LogP contribution in [0.25, 0.3) is 0 Å². The van der Waals surface area contributed by atoms with Gasteiger partial charge in [0.25, 0.3) is 0 Å². The average molecular weight is 401 g/mol. The van der Waals surface area contributed by atoms with Gasteiger partial charge in [-0.05, 0) is 63.8 Å². The molecule has 0 saturated carbocycles. The zero-order valence-corrected chi connectivity index (χ0v) is 18.1. The normalized spacial score (nSPS) is 11.6. The van der Waals surface area contributed by atoms with Gasteiger partial charge in [-0.1, -0.05) is 0 Å². The Bertz CT molecular complexity index is 343. The van der Waals surface area contributed by atoms with Gasteiger partial charge in [0.15, 0.2) is 0 Å². The van der Waals surface area contributed by atoms with Gasteiger partial charge in [-0.25, -0.2) is 0 Å². The van der Waals surface area contributed by atoms with Gasteiger partial charge in [0.1, 0.15) is 0 Å². The van der Waals surface area contributed by atoms with E-state index in [-0.39, 0.29) is 0 Å². The van der Waals surface area contributed by atoms with Gasteiger partial charge in [-0.3, -0.25) is 0 Å². The third-order valence-corrected chi connectivity index (χ3v) is 2.94. The first-order valence-electron chi connectivity index (χ1n) is 9.87. The van der Waals surface area contributed by atoms with Gasteiger partial charge < -0.3 is 28.4 Å². The van der Waals surface area contributed by atoms with Crippen molar-refractivity contribution in [3.63, 3.8) is 0 Å². The number of rotatable bonds is 18. The van der Waals surface area contributed by atoms with E-state index in [9.17, 15) is 0 Å². The molecule has 0 aromatic rings. The van der Waals surface area contributed by atoms with Crippen LogP contribution in [0.1, 0.15) is 39.5 Å². The number of hydrogen-bond donors (Lipinski definition) is 0.